The molecule has 0 radical (unpaired) electrons. The summed E-state index contributed by atoms with van der Waals surface area (Å²) in [5.74, 6) is 0. The van der Waals surface area contributed by atoms with Crippen molar-refractivity contribution in [2.45, 2.75) is 6.04 Å². The number of rotatable bonds is 3. The molecule has 4 N–H and O–H groups in total. The highest BCUT2D eigenvalue weighted by Gasteiger charge is 2.24. The maximum atomic E-state index is 5.40. The van der Waals surface area contributed by atoms with Crippen LogP contribution in [0.25, 0.3) is 0 Å². The smallest absolute Gasteiger partial charge is 0.0341 e. The third kappa shape index (κ3) is 1.18. The molecule has 1 aliphatic rings. The van der Waals surface area contributed by atoms with E-state index in [1.165, 1.54) is 13.1 Å². The standard InChI is InChI=1S/C5H13N3/c6-3-5(4-7)8-1-2-8/h5H,1-4,6-7H2. The molecule has 0 bridgehead atoms. The fraction of sp³-hybridized carbons (Fsp3) is 1.00. The summed E-state index contributed by atoms with van der Waals surface area (Å²) in [6.07, 6.45) is 0. The minimum absolute atomic E-state index is 0.454. The van der Waals surface area contributed by atoms with Gasteiger partial charge in [0, 0.05) is 32.2 Å². The average Bonchev–Trinajstić information content (AvgIpc) is 2.53. The lowest BCUT2D eigenvalue weighted by Crippen LogP contribution is -2.35. The summed E-state index contributed by atoms with van der Waals surface area (Å²) >= 11 is 0. The lowest BCUT2D eigenvalue weighted by atomic mass is 10.3. The van der Waals surface area contributed by atoms with Gasteiger partial charge in [0.2, 0.25) is 0 Å². The van der Waals surface area contributed by atoms with Gasteiger partial charge in [-0.25, -0.2) is 0 Å². The second-order valence-corrected chi connectivity index (χ2v) is 2.16. The van der Waals surface area contributed by atoms with Crippen molar-refractivity contribution in [2.24, 2.45) is 11.5 Å². The Kier molecular flexibility index (Phi) is 1.83. The van der Waals surface area contributed by atoms with Gasteiger partial charge in [-0.1, -0.05) is 0 Å². The second kappa shape index (κ2) is 2.44. The van der Waals surface area contributed by atoms with E-state index in [1.807, 2.05) is 0 Å². The van der Waals surface area contributed by atoms with Crippen molar-refractivity contribution in [3.05, 3.63) is 0 Å². The monoisotopic (exact) mass is 115 g/mol. The van der Waals surface area contributed by atoms with Crippen LogP contribution in [-0.2, 0) is 0 Å². The Bertz CT molecular complexity index is 66.1. The summed E-state index contributed by atoms with van der Waals surface area (Å²) in [6, 6.07) is 0.454. The van der Waals surface area contributed by atoms with Crippen molar-refractivity contribution < 1.29 is 0 Å². The maximum absolute atomic E-state index is 5.40. The Labute approximate surface area is 49.6 Å². The molecule has 1 heterocycles. The number of hydrogen-bond donors (Lipinski definition) is 2. The second-order valence-electron chi connectivity index (χ2n) is 2.16. The van der Waals surface area contributed by atoms with Crippen molar-refractivity contribution >= 4 is 0 Å². The first kappa shape index (κ1) is 6.01. The van der Waals surface area contributed by atoms with Gasteiger partial charge in [0.1, 0.15) is 0 Å². The highest BCUT2D eigenvalue weighted by atomic mass is 15.3. The lowest BCUT2D eigenvalue weighted by Gasteiger charge is -2.11. The van der Waals surface area contributed by atoms with Crippen LogP contribution in [0.5, 0.6) is 0 Å². The van der Waals surface area contributed by atoms with Gasteiger partial charge in [-0.2, -0.15) is 0 Å². The minimum Gasteiger partial charge on any atom is -0.329 e. The first-order valence-corrected chi connectivity index (χ1v) is 3.02. The van der Waals surface area contributed by atoms with Gasteiger partial charge in [0.25, 0.3) is 0 Å². The molecule has 1 rings (SSSR count). The van der Waals surface area contributed by atoms with Crippen LogP contribution in [0.2, 0.25) is 0 Å². The fourth-order valence-corrected chi connectivity index (χ4v) is 0.817. The summed E-state index contributed by atoms with van der Waals surface area (Å²) in [4.78, 5) is 2.28. The molecule has 0 amide bonds. The molecule has 0 aromatic heterocycles. The molecule has 3 nitrogen and oxygen atoms in total. The topological polar surface area (TPSA) is 55.0 Å². The average molecular weight is 115 g/mol. The number of nitrogens with two attached hydrogens (primary N) is 2. The highest BCUT2D eigenvalue weighted by molar-refractivity contribution is 4.83. The normalized spacial score (nSPS) is 19.9. The Morgan fingerprint density at radius 2 is 1.75 bits per heavy atom. The summed E-state index contributed by atoms with van der Waals surface area (Å²) in [5, 5.41) is 0. The molecule has 0 saturated carbocycles. The third-order valence-electron chi connectivity index (χ3n) is 1.54. The predicted molar refractivity (Wildman–Crippen MR) is 33.5 cm³/mol. The largest absolute Gasteiger partial charge is 0.329 e. The zero-order valence-corrected chi connectivity index (χ0v) is 5.01. The minimum atomic E-state index is 0.454. The Morgan fingerprint density at radius 3 is 1.88 bits per heavy atom. The number of nitrogens with zero attached hydrogens (tertiary/aromatic N) is 1. The van der Waals surface area contributed by atoms with E-state index in [2.05, 4.69) is 4.90 Å². The van der Waals surface area contributed by atoms with E-state index in [4.69, 9.17) is 11.5 Å². The fourth-order valence-electron chi connectivity index (χ4n) is 0.817. The van der Waals surface area contributed by atoms with Crippen LogP contribution in [0.3, 0.4) is 0 Å². The first-order chi connectivity index (χ1) is 3.88. The van der Waals surface area contributed by atoms with Gasteiger partial charge >= 0.3 is 0 Å². The van der Waals surface area contributed by atoms with E-state index in [0.717, 1.165) is 0 Å². The Balaban J connectivity index is 2.15. The van der Waals surface area contributed by atoms with Crippen molar-refractivity contribution in [3.63, 3.8) is 0 Å². The van der Waals surface area contributed by atoms with Gasteiger partial charge in [0.05, 0.1) is 0 Å². The molecule has 8 heavy (non-hydrogen) atoms. The first-order valence-electron chi connectivity index (χ1n) is 3.02. The van der Waals surface area contributed by atoms with Crippen molar-refractivity contribution in [1.82, 2.24) is 4.90 Å². The highest BCUT2D eigenvalue weighted by Crippen LogP contribution is 2.07. The third-order valence-corrected chi connectivity index (χ3v) is 1.54. The van der Waals surface area contributed by atoms with Gasteiger partial charge in [-0.15, -0.1) is 0 Å². The van der Waals surface area contributed by atoms with Crippen LogP contribution < -0.4 is 11.5 Å². The van der Waals surface area contributed by atoms with Crippen LogP contribution in [0, 0.1) is 0 Å². The van der Waals surface area contributed by atoms with Gasteiger partial charge in [-0.05, 0) is 0 Å². The molecular weight excluding hydrogens is 102 g/mol. The number of hydrogen-bond acceptors (Lipinski definition) is 3. The molecule has 0 unspecified atom stereocenters. The SMILES string of the molecule is NCC(CN)N1CC1. The van der Waals surface area contributed by atoms with Crippen LogP contribution >= 0.6 is 0 Å². The zero-order valence-electron chi connectivity index (χ0n) is 5.01. The van der Waals surface area contributed by atoms with E-state index in [-0.39, 0.29) is 0 Å². The summed E-state index contributed by atoms with van der Waals surface area (Å²) in [5.41, 5.74) is 10.8. The molecule has 0 atom stereocenters. The molecular formula is C5H13N3. The predicted octanol–water partition coefficient (Wildman–Crippen LogP) is -1.41. The quantitative estimate of drug-likeness (QED) is 0.444. The van der Waals surface area contributed by atoms with Gasteiger partial charge in [0.15, 0.2) is 0 Å². The Morgan fingerprint density at radius 1 is 1.25 bits per heavy atom. The molecule has 0 aromatic rings. The summed E-state index contributed by atoms with van der Waals surface area (Å²) in [6.45, 7) is 3.80. The molecule has 1 aliphatic heterocycles. The molecule has 1 saturated heterocycles. The van der Waals surface area contributed by atoms with Crippen LogP contribution in [0.1, 0.15) is 0 Å². The molecule has 3 heteroatoms. The lowest BCUT2D eigenvalue weighted by molar-refractivity contribution is 0.413. The Hall–Kier alpha value is -0.120. The van der Waals surface area contributed by atoms with Crippen LogP contribution in [-0.4, -0.2) is 37.1 Å². The van der Waals surface area contributed by atoms with Crippen LogP contribution in [0.4, 0.5) is 0 Å². The van der Waals surface area contributed by atoms with E-state index in [0.29, 0.717) is 19.1 Å². The van der Waals surface area contributed by atoms with Crippen LogP contribution in [0.15, 0.2) is 0 Å². The molecule has 48 valence electrons. The zero-order chi connectivity index (χ0) is 5.98. The van der Waals surface area contributed by atoms with E-state index >= 15 is 0 Å². The maximum Gasteiger partial charge on any atom is 0.0341 e. The van der Waals surface area contributed by atoms with Gasteiger partial charge in [-0.3, -0.25) is 4.90 Å². The summed E-state index contributed by atoms with van der Waals surface area (Å²) in [7, 11) is 0. The van der Waals surface area contributed by atoms with E-state index in [9.17, 15) is 0 Å². The van der Waals surface area contributed by atoms with E-state index in [1.54, 1.807) is 0 Å². The molecule has 0 spiro atoms. The molecule has 0 aliphatic carbocycles. The van der Waals surface area contributed by atoms with Crippen molar-refractivity contribution in [3.8, 4) is 0 Å². The van der Waals surface area contributed by atoms with Crippen molar-refractivity contribution in [1.29, 1.82) is 0 Å². The molecule has 1 fully saturated rings. The molecule has 0 aromatic carbocycles. The van der Waals surface area contributed by atoms with Gasteiger partial charge < -0.3 is 11.5 Å². The summed E-state index contributed by atoms with van der Waals surface area (Å²) < 4.78 is 0. The van der Waals surface area contributed by atoms with Crippen molar-refractivity contribution in [2.75, 3.05) is 26.2 Å². The van der Waals surface area contributed by atoms with E-state index < -0.39 is 0 Å².